The Morgan fingerprint density at radius 3 is 2.84 bits per heavy atom. The molecule has 1 unspecified atom stereocenters. The lowest BCUT2D eigenvalue weighted by atomic mass is 10.0. The third kappa shape index (κ3) is 3.45. The molecular formula is C14H19NO4. The molecule has 0 amide bonds. The molecule has 1 heterocycles. The van der Waals surface area contributed by atoms with Gasteiger partial charge in [-0.2, -0.15) is 0 Å². The molecule has 1 fully saturated rings. The molecule has 1 N–H and O–H groups in total. The Bertz CT molecular complexity index is 429. The van der Waals surface area contributed by atoms with Crippen LogP contribution in [0.1, 0.15) is 18.5 Å². The van der Waals surface area contributed by atoms with E-state index in [0.29, 0.717) is 38.7 Å². The van der Waals surface area contributed by atoms with E-state index in [9.17, 15) is 9.90 Å². The molecule has 0 spiro atoms. The number of rotatable bonds is 5. The van der Waals surface area contributed by atoms with E-state index in [-0.39, 0.29) is 0 Å². The summed E-state index contributed by atoms with van der Waals surface area (Å²) in [6, 6.07) is 6.67. The van der Waals surface area contributed by atoms with Crippen LogP contribution >= 0.6 is 0 Å². The molecule has 1 aliphatic rings. The van der Waals surface area contributed by atoms with Crippen molar-refractivity contribution >= 4 is 5.97 Å². The smallest absolute Gasteiger partial charge is 0.325 e. The van der Waals surface area contributed by atoms with Crippen LogP contribution < -0.4 is 4.74 Å². The lowest BCUT2D eigenvalue weighted by Crippen LogP contribution is -2.42. The number of benzene rings is 1. The number of hydrogen-bond acceptors (Lipinski definition) is 4. The first-order chi connectivity index (χ1) is 9.22. The van der Waals surface area contributed by atoms with Gasteiger partial charge in [-0.3, -0.25) is 9.69 Å². The van der Waals surface area contributed by atoms with Crippen molar-refractivity contribution in [1.29, 1.82) is 0 Å². The summed E-state index contributed by atoms with van der Waals surface area (Å²) in [5.41, 5.74) is 0.750. The van der Waals surface area contributed by atoms with Crippen LogP contribution in [0.2, 0.25) is 0 Å². The van der Waals surface area contributed by atoms with Gasteiger partial charge >= 0.3 is 5.97 Å². The molecule has 1 saturated heterocycles. The van der Waals surface area contributed by atoms with Gasteiger partial charge in [-0.15, -0.1) is 0 Å². The minimum absolute atomic E-state index is 0.568. The van der Waals surface area contributed by atoms with Crippen LogP contribution in [-0.2, 0) is 9.53 Å². The van der Waals surface area contributed by atoms with Crippen LogP contribution in [0.15, 0.2) is 24.3 Å². The highest BCUT2D eigenvalue weighted by molar-refractivity contribution is 5.75. The second-order valence-electron chi connectivity index (χ2n) is 4.39. The monoisotopic (exact) mass is 265 g/mol. The zero-order valence-corrected chi connectivity index (χ0v) is 11.0. The number of carboxylic acids is 1. The molecule has 0 radical (unpaired) electrons. The Hall–Kier alpha value is -1.59. The average molecular weight is 265 g/mol. The van der Waals surface area contributed by atoms with Crippen molar-refractivity contribution < 1.29 is 19.4 Å². The second kappa shape index (κ2) is 6.54. The molecule has 5 nitrogen and oxygen atoms in total. The van der Waals surface area contributed by atoms with Gasteiger partial charge in [0, 0.05) is 13.1 Å². The van der Waals surface area contributed by atoms with Crippen molar-refractivity contribution in [1.82, 2.24) is 4.90 Å². The van der Waals surface area contributed by atoms with Gasteiger partial charge in [0.1, 0.15) is 11.8 Å². The zero-order chi connectivity index (χ0) is 13.7. The van der Waals surface area contributed by atoms with Crippen molar-refractivity contribution in [2.45, 2.75) is 13.0 Å². The first kappa shape index (κ1) is 13.8. The van der Waals surface area contributed by atoms with Gasteiger partial charge in [-0.25, -0.2) is 0 Å². The summed E-state index contributed by atoms with van der Waals surface area (Å²) in [6.07, 6.45) is 0. The van der Waals surface area contributed by atoms with E-state index in [2.05, 4.69) is 0 Å². The number of hydrogen-bond donors (Lipinski definition) is 1. The maximum absolute atomic E-state index is 11.5. The number of ether oxygens (including phenoxy) is 2. The molecule has 2 rings (SSSR count). The van der Waals surface area contributed by atoms with E-state index >= 15 is 0 Å². The summed E-state index contributed by atoms with van der Waals surface area (Å²) in [7, 11) is 0. The molecule has 5 heteroatoms. The number of nitrogens with zero attached hydrogens (tertiary/aromatic N) is 1. The third-order valence-electron chi connectivity index (χ3n) is 3.13. The molecule has 1 aromatic rings. The fraction of sp³-hybridized carbons (Fsp3) is 0.500. The highest BCUT2D eigenvalue weighted by Gasteiger charge is 2.28. The van der Waals surface area contributed by atoms with E-state index in [1.165, 1.54) is 0 Å². The molecule has 104 valence electrons. The molecule has 1 aliphatic heterocycles. The van der Waals surface area contributed by atoms with E-state index < -0.39 is 12.0 Å². The summed E-state index contributed by atoms with van der Waals surface area (Å²) >= 11 is 0. The summed E-state index contributed by atoms with van der Waals surface area (Å²) < 4.78 is 10.7. The van der Waals surface area contributed by atoms with Crippen LogP contribution in [0.25, 0.3) is 0 Å². The predicted molar refractivity (Wildman–Crippen MR) is 70.4 cm³/mol. The first-order valence-corrected chi connectivity index (χ1v) is 6.49. The van der Waals surface area contributed by atoms with Gasteiger partial charge in [0.15, 0.2) is 0 Å². The van der Waals surface area contributed by atoms with Crippen molar-refractivity contribution in [2.75, 3.05) is 32.9 Å². The largest absolute Gasteiger partial charge is 0.494 e. The number of carbonyl (C=O) groups is 1. The minimum Gasteiger partial charge on any atom is -0.494 e. The van der Waals surface area contributed by atoms with Gasteiger partial charge in [-0.1, -0.05) is 12.1 Å². The SMILES string of the molecule is CCOc1cccc(C(C(=O)O)N2CCOCC2)c1. The van der Waals surface area contributed by atoms with Crippen LogP contribution in [0, 0.1) is 0 Å². The highest BCUT2D eigenvalue weighted by Crippen LogP contribution is 2.25. The molecular weight excluding hydrogens is 246 g/mol. The minimum atomic E-state index is -0.837. The van der Waals surface area contributed by atoms with Crippen LogP contribution in [0.4, 0.5) is 0 Å². The second-order valence-corrected chi connectivity index (χ2v) is 4.39. The molecule has 1 atom stereocenters. The van der Waals surface area contributed by atoms with Crippen LogP contribution in [0.5, 0.6) is 5.75 Å². The van der Waals surface area contributed by atoms with Gasteiger partial charge < -0.3 is 14.6 Å². The van der Waals surface area contributed by atoms with Crippen molar-refractivity contribution in [3.05, 3.63) is 29.8 Å². The highest BCUT2D eigenvalue weighted by atomic mass is 16.5. The molecule has 0 saturated carbocycles. The fourth-order valence-electron chi connectivity index (χ4n) is 2.29. The molecule has 0 bridgehead atoms. The lowest BCUT2D eigenvalue weighted by Gasteiger charge is -2.32. The van der Waals surface area contributed by atoms with Crippen LogP contribution in [-0.4, -0.2) is 48.9 Å². The summed E-state index contributed by atoms with van der Waals surface area (Å²) in [5.74, 6) is -0.130. The quantitative estimate of drug-likeness (QED) is 0.875. The van der Waals surface area contributed by atoms with E-state index in [1.54, 1.807) is 6.07 Å². The topological polar surface area (TPSA) is 59.0 Å². The lowest BCUT2D eigenvalue weighted by molar-refractivity contribution is -0.145. The van der Waals surface area contributed by atoms with Gasteiger partial charge in [-0.05, 0) is 24.6 Å². The summed E-state index contributed by atoms with van der Waals surface area (Å²) in [5, 5.41) is 9.48. The summed E-state index contributed by atoms with van der Waals surface area (Å²) in [4.78, 5) is 13.5. The molecule has 0 aliphatic carbocycles. The molecule has 19 heavy (non-hydrogen) atoms. The number of carboxylic acid groups (broad SMARTS) is 1. The normalized spacial score (nSPS) is 17.9. The van der Waals surface area contributed by atoms with Crippen LogP contribution in [0.3, 0.4) is 0 Å². The Kier molecular flexibility index (Phi) is 4.76. The Labute approximate surface area is 112 Å². The predicted octanol–water partition coefficient (Wildman–Crippen LogP) is 1.54. The standard InChI is InChI=1S/C14H19NO4/c1-2-19-12-5-3-4-11(10-12)13(14(16)17)15-6-8-18-9-7-15/h3-5,10,13H,2,6-9H2,1H3,(H,16,17). The molecule has 0 aromatic heterocycles. The number of aliphatic carboxylic acids is 1. The maximum atomic E-state index is 11.5. The van der Waals surface area contributed by atoms with Crippen molar-refractivity contribution in [3.63, 3.8) is 0 Å². The van der Waals surface area contributed by atoms with Crippen molar-refractivity contribution in [2.24, 2.45) is 0 Å². The Morgan fingerprint density at radius 2 is 2.21 bits per heavy atom. The van der Waals surface area contributed by atoms with E-state index in [0.717, 1.165) is 5.56 Å². The van der Waals surface area contributed by atoms with Gasteiger partial charge in [0.2, 0.25) is 0 Å². The average Bonchev–Trinajstić information content (AvgIpc) is 2.40. The first-order valence-electron chi connectivity index (χ1n) is 6.49. The fourth-order valence-corrected chi connectivity index (χ4v) is 2.29. The third-order valence-corrected chi connectivity index (χ3v) is 3.13. The van der Waals surface area contributed by atoms with Crippen molar-refractivity contribution in [3.8, 4) is 5.75 Å². The summed E-state index contributed by atoms with van der Waals surface area (Å²) in [6.45, 7) is 4.90. The Morgan fingerprint density at radius 1 is 1.47 bits per heavy atom. The number of morpholine rings is 1. The Balaban J connectivity index is 2.22. The van der Waals surface area contributed by atoms with E-state index in [4.69, 9.17) is 9.47 Å². The van der Waals surface area contributed by atoms with E-state index in [1.807, 2.05) is 30.0 Å². The molecule has 1 aromatic carbocycles. The van der Waals surface area contributed by atoms with Gasteiger partial charge in [0.05, 0.1) is 19.8 Å². The maximum Gasteiger partial charge on any atom is 0.325 e. The zero-order valence-electron chi connectivity index (χ0n) is 11.0. The van der Waals surface area contributed by atoms with Gasteiger partial charge in [0.25, 0.3) is 0 Å².